The quantitative estimate of drug-likeness (QED) is 0.176. The lowest BCUT2D eigenvalue weighted by Crippen LogP contribution is -2.24. The van der Waals surface area contributed by atoms with E-state index in [1.165, 1.54) is 38.5 Å². The fourth-order valence-electron chi connectivity index (χ4n) is 9.92. The highest BCUT2D eigenvalue weighted by atomic mass is 16.3. The first-order chi connectivity index (χ1) is 28.5. The van der Waals surface area contributed by atoms with Crippen LogP contribution in [-0.4, -0.2) is 19.5 Å². The van der Waals surface area contributed by atoms with Crippen LogP contribution in [0.3, 0.4) is 0 Å². The Kier molecular flexibility index (Phi) is 7.10. The molecule has 5 nitrogen and oxygen atoms in total. The van der Waals surface area contributed by atoms with Crippen molar-refractivity contribution >= 4 is 50.1 Å². The Balaban J connectivity index is 1.07. The molecule has 0 saturated heterocycles. The summed E-state index contributed by atoms with van der Waals surface area (Å²) in [5.74, 6) is 2.36. The number of furan rings is 1. The van der Waals surface area contributed by atoms with Gasteiger partial charge in [-0.2, -0.15) is 0 Å². The molecule has 0 aliphatic heterocycles. The summed E-state index contributed by atoms with van der Waals surface area (Å²) in [5, 5.41) is 4.65. The topological polar surface area (TPSA) is 56.7 Å². The van der Waals surface area contributed by atoms with Crippen molar-refractivity contribution in [3.05, 3.63) is 180 Å². The summed E-state index contributed by atoms with van der Waals surface area (Å²) in [6, 6.07) is 49.0. The van der Waals surface area contributed by atoms with Crippen LogP contribution in [0.15, 0.2) is 162 Å². The normalized spacial score (nSPS) is 16.4. The van der Waals surface area contributed by atoms with E-state index in [-0.39, 0.29) is 5.41 Å². The lowest BCUT2D eigenvalue weighted by molar-refractivity contribution is 0.415. The number of rotatable bonds is 5. The van der Waals surface area contributed by atoms with Gasteiger partial charge in [-0.3, -0.25) is 0 Å². The zero-order chi connectivity index (χ0) is 38.5. The van der Waals surface area contributed by atoms with Crippen molar-refractivity contribution in [2.75, 3.05) is 0 Å². The molecule has 3 aliphatic carbocycles. The van der Waals surface area contributed by atoms with Crippen LogP contribution in [0.4, 0.5) is 0 Å². The van der Waals surface area contributed by atoms with Crippen LogP contribution >= 0.6 is 0 Å². The van der Waals surface area contributed by atoms with Gasteiger partial charge in [-0.05, 0) is 75.9 Å². The van der Waals surface area contributed by atoms with Crippen molar-refractivity contribution in [1.82, 2.24) is 19.5 Å². The van der Waals surface area contributed by atoms with E-state index in [0.717, 1.165) is 68.0 Å². The van der Waals surface area contributed by atoms with E-state index in [2.05, 4.69) is 152 Å². The molecule has 3 heterocycles. The van der Waals surface area contributed by atoms with E-state index in [9.17, 15) is 0 Å². The lowest BCUT2D eigenvalue weighted by atomic mass is 9.75. The molecule has 3 aromatic heterocycles. The van der Waals surface area contributed by atoms with Crippen LogP contribution in [0, 0.1) is 5.92 Å². The van der Waals surface area contributed by atoms with Crippen molar-refractivity contribution in [1.29, 1.82) is 0 Å². The van der Waals surface area contributed by atoms with Gasteiger partial charge in [0.2, 0.25) is 0 Å². The second-order valence-corrected chi connectivity index (χ2v) is 16.3. The van der Waals surface area contributed by atoms with Gasteiger partial charge in [0.15, 0.2) is 22.9 Å². The average Bonchev–Trinajstić information content (AvgIpc) is 4.01. The van der Waals surface area contributed by atoms with Gasteiger partial charge in [-0.1, -0.05) is 147 Å². The molecule has 0 saturated carbocycles. The van der Waals surface area contributed by atoms with Gasteiger partial charge in [0, 0.05) is 44.5 Å². The fraction of sp³-hybridized carbons (Fsp3) is 0.113. The Labute approximate surface area is 335 Å². The Morgan fingerprint density at radius 1 is 0.621 bits per heavy atom. The zero-order valence-electron chi connectivity index (χ0n) is 32.3. The summed E-state index contributed by atoms with van der Waals surface area (Å²) in [6.45, 7) is 4.83. The van der Waals surface area contributed by atoms with Gasteiger partial charge in [0.25, 0.3) is 0 Å². The second-order valence-electron chi connectivity index (χ2n) is 16.3. The molecule has 6 aromatic carbocycles. The summed E-state index contributed by atoms with van der Waals surface area (Å²) < 4.78 is 9.40. The molecular formula is C53H38N4O. The highest BCUT2D eigenvalue weighted by Crippen LogP contribution is 2.54. The molecule has 5 heteroatoms. The molecule has 0 spiro atoms. The SMILES string of the molecule is CC1(C)c2cc3c(cc2C2=CC=CCC21)c1ccccc1n3C1=c2oc3cccc(-c4nc(-c5ccccc5)nc(-c5cccc(-c6ccccc6)c5)n4)c3c2=CC1. The van der Waals surface area contributed by atoms with Crippen molar-refractivity contribution in [2.45, 2.75) is 32.1 Å². The average molecular weight is 747 g/mol. The Hall–Kier alpha value is -7.11. The zero-order valence-corrected chi connectivity index (χ0v) is 32.3. The number of aromatic nitrogens is 4. The molecule has 1 unspecified atom stereocenters. The molecule has 1 atom stereocenters. The third-order valence-electron chi connectivity index (χ3n) is 12.8. The van der Waals surface area contributed by atoms with Crippen LogP contribution in [-0.2, 0) is 5.41 Å². The predicted molar refractivity (Wildman–Crippen MR) is 236 cm³/mol. The molecule has 58 heavy (non-hydrogen) atoms. The molecule has 0 amide bonds. The summed E-state index contributed by atoms with van der Waals surface area (Å²) in [6.07, 6.45) is 11.0. The van der Waals surface area contributed by atoms with E-state index >= 15 is 0 Å². The summed E-state index contributed by atoms with van der Waals surface area (Å²) >= 11 is 0. The predicted octanol–water partition coefficient (Wildman–Crippen LogP) is 11.5. The van der Waals surface area contributed by atoms with E-state index in [1.807, 2.05) is 30.3 Å². The largest absolute Gasteiger partial charge is 0.454 e. The number of benzene rings is 6. The van der Waals surface area contributed by atoms with Crippen LogP contribution in [0.2, 0.25) is 0 Å². The summed E-state index contributed by atoms with van der Waals surface area (Å²) in [7, 11) is 0. The van der Waals surface area contributed by atoms with E-state index < -0.39 is 0 Å². The number of allylic oxidation sites excluding steroid dienone is 4. The van der Waals surface area contributed by atoms with Crippen LogP contribution in [0.25, 0.3) is 95.4 Å². The van der Waals surface area contributed by atoms with Gasteiger partial charge in [0.05, 0.1) is 16.7 Å². The number of hydrogen-bond acceptors (Lipinski definition) is 4. The highest BCUT2D eigenvalue weighted by molar-refractivity contribution is 6.12. The first-order valence-electron chi connectivity index (χ1n) is 20.2. The maximum Gasteiger partial charge on any atom is 0.164 e. The third-order valence-corrected chi connectivity index (χ3v) is 12.8. The first-order valence-corrected chi connectivity index (χ1v) is 20.2. The number of hydrogen-bond donors (Lipinski definition) is 0. The maximum absolute atomic E-state index is 6.93. The molecule has 276 valence electrons. The first kappa shape index (κ1) is 33.1. The van der Waals surface area contributed by atoms with E-state index in [0.29, 0.717) is 23.4 Å². The Morgan fingerprint density at radius 2 is 1.33 bits per heavy atom. The molecule has 12 rings (SSSR count). The third kappa shape index (κ3) is 4.86. The smallest absolute Gasteiger partial charge is 0.164 e. The van der Waals surface area contributed by atoms with E-state index in [1.54, 1.807) is 0 Å². The number of para-hydroxylation sites is 1. The minimum atomic E-state index is 0.0259. The van der Waals surface area contributed by atoms with Crippen molar-refractivity contribution < 1.29 is 4.42 Å². The van der Waals surface area contributed by atoms with Gasteiger partial charge < -0.3 is 8.98 Å². The minimum absolute atomic E-state index is 0.0259. The molecule has 0 bridgehead atoms. The van der Waals surface area contributed by atoms with Crippen LogP contribution in [0.5, 0.6) is 0 Å². The van der Waals surface area contributed by atoms with E-state index in [4.69, 9.17) is 19.4 Å². The van der Waals surface area contributed by atoms with Crippen molar-refractivity contribution in [2.24, 2.45) is 5.92 Å². The lowest BCUT2D eigenvalue weighted by Gasteiger charge is -2.29. The van der Waals surface area contributed by atoms with Gasteiger partial charge >= 0.3 is 0 Å². The fourth-order valence-corrected chi connectivity index (χ4v) is 9.92. The highest BCUT2D eigenvalue weighted by Gasteiger charge is 2.43. The standard InChI is InChI=1S/C53H38N4O/c1-53(2)42-24-11-9-21-36(42)40-30-41-37-22-10-12-25-44(37)57(46(41)31-43(40)53)45-28-27-38-48-39(23-14-26-47(48)58-49(38)45)52-55-50(33-17-7-4-8-18-33)54-51(56-52)35-20-13-19-34(29-35)32-15-5-3-6-16-32/h3-23,25-27,29-31,42H,24,28H2,1-2H3. The Bertz CT molecular complexity index is 3370. The molecule has 0 fully saturated rings. The summed E-state index contributed by atoms with van der Waals surface area (Å²) in [5.41, 5.74) is 14.6. The maximum atomic E-state index is 6.93. The molecule has 0 radical (unpaired) electrons. The van der Waals surface area contributed by atoms with Crippen LogP contribution in [0.1, 0.15) is 37.8 Å². The van der Waals surface area contributed by atoms with Crippen LogP contribution < -0.4 is 10.6 Å². The molecule has 9 aromatic rings. The van der Waals surface area contributed by atoms with Crippen molar-refractivity contribution in [3.8, 4) is 45.3 Å². The number of fused-ring (bicyclic) bond motifs is 9. The monoisotopic (exact) mass is 746 g/mol. The Morgan fingerprint density at radius 3 is 2.17 bits per heavy atom. The van der Waals surface area contributed by atoms with Gasteiger partial charge in [0.1, 0.15) is 5.58 Å². The summed E-state index contributed by atoms with van der Waals surface area (Å²) in [4.78, 5) is 15.5. The van der Waals surface area contributed by atoms with Gasteiger partial charge in [-0.25, -0.2) is 15.0 Å². The van der Waals surface area contributed by atoms with Crippen molar-refractivity contribution in [3.63, 3.8) is 0 Å². The molecule has 3 aliphatic rings. The second kappa shape index (κ2) is 12.4. The minimum Gasteiger partial charge on any atom is -0.454 e. The number of nitrogens with zero attached hydrogens (tertiary/aromatic N) is 4. The molecule has 0 N–H and O–H groups in total. The molecular weight excluding hydrogens is 709 g/mol. The van der Waals surface area contributed by atoms with Gasteiger partial charge in [-0.15, -0.1) is 0 Å².